The third-order valence-electron chi connectivity index (χ3n) is 4.04. The van der Waals surface area contributed by atoms with Crippen LogP contribution in [0.25, 0.3) is 10.9 Å². The molecule has 0 saturated carbocycles. The van der Waals surface area contributed by atoms with Crippen LogP contribution in [0.2, 0.25) is 0 Å². The number of benzene rings is 2. The van der Waals surface area contributed by atoms with Crippen molar-refractivity contribution in [3.05, 3.63) is 84.4 Å². The Bertz CT molecular complexity index is 1210. The molecule has 134 valence electrons. The number of nitrogens with one attached hydrogen (secondary N) is 2. The second kappa shape index (κ2) is 7.51. The van der Waals surface area contributed by atoms with E-state index in [1.807, 2.05) is 30.3 Å². The molecule has 0 aliphatic carbocycles. The number of pyridine rings is 1. The molecule has 2 aromatic carbocycles. The summed E-state index contributed by atoms with van der Waals surface area (Å²) < 4.78 is 0. The number of anilines is 3. The number of carbonyl (C=O) groups excluding carboxylic acids is 1. The summed E-state index contributed by atoms with van der Waals surface area (Å²) in [6.45, 7) is 0. The Kier molecular flexibility index (Phi) is 4.59. The van der Waals surface area contributed by atoms with Gasteiger partial charge in [0.25, 0.3) is 5.91 Å². The molecule has 0 fully saturated rings. The van der Waals surface area contributed by atoms with Crippen LogP contribution in [0, 0.1) is 11.3 Å². The Morgan fingerprint density at radius 1 is 0.964 bits per heavy atom. The van der Waals surface area contributed by atoms with Crippen LogP contribution >= 0.6 is 0 Å². The Morgan fingerprint density at radius 2 is 1.82 bits per heavy atom. The molecular formula is C21H14N6O. The van der Waals surface area contributed by atoms with Gasteiger partial charge in [0.15, 0.2) is 0 Å². The van der Waals surface area contributed by atoms with Crippen LogP contribution in [-0.4, -0.2) is 20.9 Å². The number of hydrogen-bond donors (Lipinski definition) is 2. The highest BCUT2D eigenvalue weighted by Gasteiger charge is 2.11. The Hall–Kier alpha value is -4.31. The Labute approximate surface area is 160 Å². The first-order valence-electron chi connectivity index (χ1n) is 8.47. The number of fused-ring (bicyclic) bond motifs is 1. The largest absolute Gasteiger partial charge is 0.340 e. The fraction of sp³-hybridized carbons (Fsp3) is 0. The number of rotatable bonds is 4. The van der Waals surface area contributed by atoms with Crippen molar-refractivity contribution in [2.24, 2.45) is 0 Å². The lowest BCUT2D eigenvalue weighted by molar-refractivity contribution is 0.102. The van der Waals surface area contributed by atoms with Gasteiger partial charge in [-0.3, -0.25) is 9.78 Å². The normalized spacial score (nSPS) is 10.2. The zero-order valence-corrected chi connectivity index (χ0v) is 14.6. The number of nitrogens with zero attached hydrogens (tertiary/aromatic N) is 4. The highest BCUT2D eigenvalue weighted by molar-refractivity contribution is 6.07. The predicted octanol–water partition coefficient (Wildman–Crippen LogP) is 3.89. The van der Waals surface area contributed by atoms with Crippen molar-refractivity contribution < 1.29 is 4.79 Å². The van der Waals surface area contributed by atoms with Crippen molar-refractivity contribution in [2.45, 2.75) is 0 Å². The van der Waals surface area contributed by atoms with E-state index < -0.39 is 0 Å². The summed E-state index contributed by atoms with van der Waals surface area (Å²) >= 11 is 0. The number of para-hydroxylation sites is 1. The van der Waals surface area contributed by atoms with Gasteiger partial charge in [0.1, 0.15) is 17.8 Å². The van der Waals surface area contributed by atoms with Crippen LogP contribution < -0.4 is 10.6 Å². The second-order valence-electron chi connectivity index (χ2n) is 5.94. The topological polar surface area (TPSA) is 104 Å². The van der Waals surface area contributed by atoms with Gasteiger partial charge in [-0.15, -0.1) is 0 Å². The lowest BCUT2D eigenvalue weighted by atomic mass is 10.2. The van der Waals surface area contributed by atoms with Crippen LogP contribution in [-0.2, 0) is 0 Å². The number of hydrogen-bond acceptors (Lipinski definition) is 6. The molecule has 1 amide bonds. The average molecular weight is 366 g/mol. The summed E-state index contributed by atoms with van der Waals surface area (Å²) in [6, 6.07) is 20.0. The van der Waals surface area contributed by atoms with Crippen LogP contribution in [0.15, 0.2) is 73.2 Å². The van der Waals surface area contributed by atoms with Crippen LogP contribution in [0.1, 0.15) is 16.1 Å². The third-order valence-corrected chi connectivity index (χ3v) is 4.04. The van der Waals surface area contributed by atoms with Gasteiger partial charge in [-0.1, -0.05) is 24.3 Å². The molecule has 7 nitrogen and oxygen atoms in total. The van der Waals surface area contributed by atoms with Gasteiger partial charge in [-0.05, 0) is 30.3 Å². The van der Waals surface area contributed by atoms with E-state index in [0.717, 1.165) is 5.39 Å². The molecule has 7 heteroatoms. The molecule has 0 spiro atoms. The van der Waals surface area contributed by atoms with Crippen LogP contribution in [0.5, 0.6) is 0 Å². The minimum absolute atomic E-state index is 0.210. The van der Waals surface area contributed by atoms with E-state index >= 15 is 0 Å². The van der Waals surface area contributed by atoms with Crippen LogP contribution in [0.3, 0.4) is 0 Å². The lowest BCUT2D eigenvalue weighted by Gasteiger charge is -2.09. The SMILES string of the molecule is N#Cc1cccc(Nc2cc(C(=O)Nc3cccc4cccnc34)ncn2)c1. The van der Waals surface area contributed by atoms with Gasteiger partial charge in [0, 0.05) is 23.3 Å². The minimum Gasteiger partial charge on any atom is -0.340 e. The number of aromatic nitrogens is 3. The van der Waals surface area contributed by atoms with Gasteiger partial charge in [-0.25, -0.2) is 9.97 Å². The molecule has 4 rings (SSSR count). The van der Waals surface area contributed by atoms with Crippen molar-refractivity contribution >= 4 is 34.0 Å². The van der Waals surface area contributed by atoms with Crippen molar-refractivity contribution in [3.8, 4) is 6.07 Å². The zero-order valence-electron chi connectivity index (χ0n) is 14.6. The summed E-state index contributed by atoms with van der Waals surface area (Å²) in [6.07, 6.45) is 2.99. The Morgan fingerprint density at radius 3 is 2.71 bits per heavy atom. The van der Waals surface area contributed by atoms with Gasteiger partial charge in [0.2, 0.25) is 0 Å². The summed E-state index contributed by atoms with van der Waals surface area (Å²) in [7, 11) is 0. The molecule has 0 atom stereocenters. The fourth-order valence-electron chi connectivity index (χ4n) is 2.76. The van der Waals surface area contributed by atoms with E-state index in [2.05, 4.69) is 31.7 Å². The Balaban J connectivity index is 1.57. The van der Waals surface area contributed by atoms with E-state index in [9.17, 15) is 4.79 Å². The quantitative estimate of drug-likeness (QED) is 0.568. The molecule has 0 radical (unpaired) electrons. The molecule has 0 bridgehead atoms. The third kappa shape index (κ3) is 3.61. The number of carbonyl (C=O) groups is 1. The molecule has 2 N–H and O–H groups in total. The molecule has 4 aromatic rings. The monoisotopic (exact) mass is 366 g/mol. The van der Waals surface area contributed by atoms with Crippen LogP contribution in [0.4, 0.5) is 17.2 Å². The lowest BCUT2D eigenvalue weighted by Crippen LogP contribution is -2.14. The summed E-state index contributed by atoms with van der Waals surface area (Å²) in [5.74, 6) is 0.0839. The van der Waals surface area contributed by atoms with Gasteiger partial charge in [0.05, 0.1) is 22.8 Å². The molecule has 2 aromatic heterocycles. The molecular weight excluding hydrogens is 352 g/mol. The minimum atomic E-state index is -0.366. The van der Waals surface area contributed by atoms with Crippen molar-refractivity contribution in [2.75, 3.05) is 10.6 Å². The fourth-order valence-corrected chi connectivity index (χ4v) is 2.76. The first-order valence-corrected chi connectivity index (χ1v) is 8.47. The van der Waals surface area contributed by atoms with E-state index in [4.69, 9.17) is 5.26 Å². The molecule has 0 aliphatic rings. The van der Waals surface area contributed by atoms with Gasteiger partial charge >= 0.3 is 0 Å². The summed E-state index contributed by atoms with van der Waals surface area (Å²) in [5, 5.41) is 15.9. The van der Waals surface area contributed by atoms with Crippen molar-refractivity contribution in [3.63, 3.8) is 0 Å². The summed E-state index contributed by atoms with van der Waals surface area (Å²) in [5.41, 5.74) is 2.75. The maximum atomic E-state index is 12.7. The first-order chi connectivity index (χ1) is 13.7. The molecule has 0 aliphatic heterocycles. The first kappa shape index (κ1) is 17.1. The highest BCUT2D eigenvalue weighted by atomic mass is 16.1. The highest BCUT2D eigenvalue weighted by Crippen LogP contribution is 2.21. The number of amides is 1. The smallest absolute Gasteiger partial charge is 0.274 e. The van der Waals surface area contributed by atoms with Gasteiger partial charge < -0.3 is 10.6 Å². The maximum absolute atomic E-state index is 12.7. The number of nitriles is 1. The molecule has 0 unspecified atom stereocenters. The molecule has 28 heavy (non-hydrogen) atoms. The van der Waals surface area contributed by atoms with E-state index in [-0.39, 0.29) is 11.6 Å². The predicted molar refractivity (Wildman–Crippen MR) is 106 cm³/mol. The molecule has 2 heterocycles. The second-order valence-corrected chi connectivity index (χ2v) is 5.94. The van der Waals surface area contributed by atoms with Crippen molar-refractivity contribution in [1.82, 2.24) is 15.0 Å². The zero-order chi connectivity index (χ0) is 19.3. The van der Waals surface area contributed by atoms with Gasteiger partial charge in [-0.2, -0.15) is 5.26 Å². The molecule has 0 saturated heterocycles. The van der Waals surface area contributed by atoms with E-state index in [0.29, 0.717) is 28.3 Å². The van der Waals surface area contributed by atoms with Crippen molar-refractivity contribution in [1.29, 1.82) is 5.26 Å². The van der Waals surface area contributed by atoms with E-state index in [1.54, 1.807) is 36.5 Å². The van der Waals surface area contributed by atoms with E-state index in [1.165, 1.54) is 6.33 Å². The average Bonchev–Trinajstić information content (AvgIpc) is 2.74. The standard InChI is InChI=1S/C21H14N6O/c22-12-14-4-1-7-16(10-14)26-19-11-18(24-13-25-19)21(28)27-17-8-2-5-15-6-3-9-23-20(15)17/h1-11,13H,(H,27,28)(H,24,25,26). The summed E-state index contributed by atoms with van der Waals surface area (Å²) in [4.78, 5) is 25.2. The maximum Gasteiger partial charge on any atom is 0.274 e.